The lowest BCUT2D eigenvalue weighted by molar-refractivity contribution is -0.132. The van der Waals surface area contributed by atoms with Gasteiger partial charge in [0.15, 0.2) is 11.6 Å². The number of ketones is 1. The van der Waals surface area contributed by atoms with E-state index in [2.05, 4.69) is 0 Å². The van der Waals surface area contributed by atoms with E-state index in [1.54, 1.807) is 54.6 Å². The monoisotopic (exact) mass is 405 g/mol. The Hall–Kier alpha value is -3.80. The number of benzene rings is 3. The Balaban J connectivity index is 1.94. The molecular formula is C24H17F2NO3. The number of aryl methyl sites for hydroxylation is 1. The molecule has 30 heavy (non-hydrogen) atoms. The Morgan fingerprint density at radius 1 is 0.900 bits per heavy atom. The summed E-state index contributed by atoms with van der Waals surface area (Å²) in [6, 6.07) is 17.5. The topological polar surface area (TPSA) is 57.6 Å². The van der Waals surface area contributed by atoms with E-state index in [9.17, 15) is 23.5 Å². The molecule has 1 aliphatic rings. The SMILES string of the molecule is Cc1ccc(/C(O)=C2\C(=O)C(=O)N(c3ccc(F)c(F)c3)C2c2ccccc2)cc1. The normalized spacial score (nSPS) is 18.1. The molecule has 0 spiro atoms. The summed E-state index contributed by atoms with van der Waals surface area (Å²) in [7, 11) is 0. The first kappa shape index (κ1) is 19.5. The molecular weight excluding hydrogens is 388 g/mol. The third-order valence-corrected chi connectivity index (χ3v) is 5.07. The van der Waals surface area contributed by atoms with Crippen molar-refractivity contribution in [2.45, 2.75) is 13.0 Å². The van der Waals surface area contributed by atoms with E-state index >= 15 is 0 Å². The second-order valence-corrected chi connectivity index (χ2v) is 7.04. The molecule has 1 fully saturated rings. The number of rotatable bonds is 3. The maximum atomic E-state index is 13.9. The minimum atomic E-state index is -1.14. The summed E-state index contributed by atoms with van der Waals surface area (Å²) >= 11 is 0. The predicted molar refractivity (Wildman–Crippen MR) is 109 cm³/mol. The Morgan fingerprint density at radius 3 is 2.20 bits per heavy atom. The number of amides is 1. The van der Waals surface area contributed by atoms with Crippen molar-refractivity contribution in [2.24, 2.45) is 0 Å². The van der Waals surface area contributed by atoms with Crippen LogP contribution in [0.5, 0.6) is 0 Å². The van der Waals surface area contributed by atoms with Gasteiger partial charge in [-0.05, 0) is 24.6 Å². The summed E-state index contributed by atoms with van der Waals surface area (Å²) in [5.41, 5.74) is 1.81. The van der Waals surface area contributed by atoms with Crippen LogP contribution in [0.2, 0.25) is 0 Å². The fraction of sp³-hybridized carbons (Fsp3) is 0.0833. The number of aliphatic hydroxyl groups is 1. The van der Waals surface area contributed by atoms with Crippen molar-refractivity contribution in [3.8, 4) is 0 Å². The quantitative estimate of drug-likeness (QED) is 0.383. The predicted octanol–water partition coefficient (Wildman–Crippen LogP) is 4.90. The molecule has 1 unspecified atom stereocenters. The van der Waals surface area contributed by atoms with E-state index in [4.69, 9.17) is 0 Å². The molecule has 1 heterocycles. The second-order valence-electron chi connectivity index (χ2n) is 7.04. The number of nitrogens with zero attached hydrogens (tertiary/aromatic N) is 1. The van der Waals surface area contributed by atoms with Gasteiger partial charge in [0.05, 0.1) is 11.6 Å². The molecule has 1 atom stereocenters. The number of Topliss-reactive ketones (excluding diaryl/α,β-unsaturated/α-hetero) is 1. The summed E-state index contributed by atoms with van der Waals surface area (Å²) < 4.78 is 27.3. The van der Waals surface area contributed by atoms with Gasteiger partial charge < -0.3 is 5.11 Å². The highest BCUT2D eigenvalue weighted by atomic mass is 19.2. The van der Waals surface area contributed by atoms with Crippen LogP contribution in [0.3, 0.4) is 0 Å². The van der Waals surface area contributed by atoms with E-state index in [1.165, 1.54) is 6.07 Å². The van der Waals surface area contributed by atoms with Crippen molar-refractivity contribution in [1.29, 1.82) is 0 Å². The maximum Gasteiger partial charge on any atom is 0.300 e. The summed E-state index contributed by atoms with van der Waals surface area (Å²) in [6.45, 7) is 1.88. The number of hydrogen-bond donors (Lipinski definition) is 1. The minimum absolute atomic E-state index is 0.0211. The van der Waals surface area contributed by atoms with Crippen LogP contribution < -0.4 is 4.90 Å². The summed E-state index contributed by atoms with van der Waals surface area (Å²) in [5.74, 6) is -4.35. The van der Waals surface area contributed by atoms with Crippen molar-refractivity contribution in [1.82, 2.24) is 0 Å². The summed E-state index contributed by atoms with van der Waals surface area (Å²) in [5, 5.41) is 10.9. The Morgan fingerprint density at radius 2 is 1.57 bits per heavy atom. The lowest BCUT2D eigenvalue weighted by atomic mass is 9.95. The van der Waals surface area contributed by atoms with Crippen molar-refractivity contribution < 1.29 is 23.5 Å². The third-order valence-electron chi connectivity index (χ3n) is 5.07. The molecule has 1 N–H and O–H groups in total. The van der Waals surface area contributed by atoms with E-state index < -0.39 is 29.4 Å². The van der Waals surface area contributed by atoms with Gasteiger partial charge in [0, 0.05) is 17.3 Å². The second kappa shape index (κ2) is 7.55. The van der Waals surface area contributed by atoms with E-state index in [0.717, 1.165) is 22.6 Å². The fourth-order valence-electron chi connectivity index (χ4n) is 3.55. The zero-order valence-corrected chi connectivity index (χ0v) is 16.0. The van der Waals surface area contributed by atoms with Crippen molar-refractivity contribution >= 4 is 23.1 Å². The van der Waals surface area contributed by atoms with E-state index in [-0.39, 0.29) is 17.0 Å². The molecule has 0 bridgehead atoms. The van der Waals surface area contributed by atoms with Gasteiger partial charge in [-0.2, -0.15) is 0 Å². The smallest absolute Gasteiger partial charge is 0.300 e. The maximum absolute atomic E-state index is 13.9. The Labute approximate surface area is 171 Å². The van der Waals surface area contributed by atoms with Crippen LogP contribution in [-0.4, -0.2) is 16.8 Å². The molecule has 1 amide bonds. The molecule has 1 saturated heterocycles. The van der Waals surface area contributed by atoms with Gasteiger partial charge in [-0.25, -0.2) is 8.78 Å². The first-order valence-electron chi connectivity index (χ1n) is 9.26. The number of aliphatic hydroxyl groups excluding tert-OH is 1. The van der Waals surface area contributed by atoms with Crippen molar-refractivity contribution in [3.05, 3.63) is 107 Å². The van der Waals surface area contributed by atoms with Crippen LogP contribution in [0.25, 0.3) is 5.76 Å². The molecule has 0 radical (unpaired) electrons. The van der Waals surface area contributed by atoms with E-state index in [0.29, 0.717) is 11.1 Å². The lowest BCUT2D eigenvalue weighted by Crippen LogP contribution is -2.29. The van der Waals surface area contributed by atoms with Gasteiger partial charge >= 0.3 is 0 Å². The van der Waals surface area contributed by atoms with E-state index in [1.807, 2.05) is 6.92 Å². The zero-order valence-electron chi connectivity index (χ0n) is 16.0. The number of carbonyl (C=O) groups is 2. The largest absolute Gasteiger partial charge is 0.507 e. The average Bonchev–Trinajstić information content (AvgIpc) is 3.01. The van der Waals surface area contributed by atoms with Crippen LogP contribution >= 0.6 is 0 Å². The molecule has 3 aromatic carbocycles. The standard InChI is InChI=1S/C24H17F2NO3/c1-14-7-9-16(10-8-14)22(28)20-21(15-5-3-2-4-6-15)27(24(30)23(20)29)17-11-12-18(25)19(26)13-17/h2-13,21,28H,1H3/b22-20+. The fourth-order valence-corrected chi connectivity index (χ4v) is 3.55. The Kier molecular flexibility index (Phi) is 4.91. The molecule has 4 rings (SSSR count). The van der Waals surface area contributed by atoms with Crippen LogP contribution in [0.4, 0.5) is 14.5 Å². The number of anilines is 1. The first-order valence-corrected chi connectivity index (χ1v) is 9.26. The molecule has 0 saturated carbocycles. The summed E-state index contributed by atoms with van der Waals surface area (Å²) in [6.07, 6.45) is 0. The van der Waals surface area contributed by atoms with Gasteiger partial charge in [-0.1, -0.05) is 60.2 Å². The van der Waals surface area contributed by atoms with Gasteiger partial charge in [-0.15, -0.1) is 0 Å². The first-order chi connectivity index (χ1) is 14.4. The highest BCUT2D eigenvalue weighted by Gasteiger charge is 2.47. The molecule has 0 aromatic heterocycles. The third kappa shape index (κ3) is 3.26. The highest BCUT2D eigenvalue weighted by molar-refractivity contribution is 6.51. The number of halogens is 2. The average molecular weight is 405 g/mol. The van der Waals surface area contributed by atoms with Crippen molar-refractivity contribution in [3.63, 3.8) is 0 Å². The molecule has 0 aliphatic carbocycles. The minimum Gasteiger partial charge on any atom is -0.507 e. The lowest BCUT2D eigenvalue weighted by Gasteiger charge is -2.25. The molecule has 6 heteroatoms. The molecule has 3 aromatic rings. The molecule has 1 aliphatic heterocycles. The molecule has 150 valence electrons. The van der Waals surface area contributed by atoms with Gasteiger partial charge in [0.25, 0.3) is 11.7 Å². The number of carbonyl (C=O) groups excluding carboxylic acids is 2. The van der Waals surface area contributed by atoms with Gasteiger partial charge in [0.1, 0.15) is 5.76 Å². The zero-order chi connectivity index (χ0) is 21.4. The van der Waals surface area contributed by atoms with Crippen LogP contribution in [0, 0.1) is 18.6 Å². The van der Waals surface area contributed by atoms with Crippen LogP contribution in [0.15, 0.2) is 78.4 Å². The Bertz CT molecular complexity index is 1170. The molecule has 4 nitrogen and oxygen atoms in total. The van der Waals surface area contributed by atoms with Gasteiger partial charge in [0.2, 0.25) is 0 Å². The van der Waals surface area contributed by atoms with Crippen LogP contribution in [0.1, 0.15) is 22.7 Å². The van der Waals surface area contributed by atoms with Crippen LogP contribution in [-0.2, 0) is 9.59 Å². The number of hydrogen-bond acceptors (Lipinski definition) is 3. The highest BCUT2D eigenvalue weighted by Crippen LogP contribution is 2.42. The summed E-state index contributed by atoms with van der Waals surface area (Å²) in [4.78, 5) is 26.9. The van der Waals surface area contributed by atoms with Gasteiger partial charge in [-0.3, -0.25) is 14.5 Å². The van der Waals surface area contributed by atoms with Crippen molar-refractivity contribution in [2.75, 3.05) is 4.90 Å².